The highest BCUT2D eigenvalue weighted by Gasteiger charge is 2.32. The Morgan fingerprint density at radius 1 is 1.00 bits per heavy atom. The van der Waals surface area contributed by atoms with E-state index in [4.69, 9.17) is 25.9 Å². The number of anilines is 2. The number of aliphatic hydroxyl groups excluding tert-OH is 1. The Morgan fingerprint density at radius 3 is 2.38 bits per heavy atom. The zero-order valence-electron chi connectivity index (χ0n) is 28.6. The predicted octanol–water partition coefficient (Wildman–Crippen LogP) is 6.26. The molecule has 264 valence electrons. The number of nitrogen functional groups attached to an aromatic ring is 1. The highest BCUT2D eigenvalue weighted by Crippen LogP contribution is 2.39. The topological polar surface area (TPSA) is 179 Å². The van der Waals surface area contributed by atoms with Crippen molar-refractivity contribution in [3.05, 3.63) is 119 Å². The van der Waals surface area contributed by atoms with Gasteiger partial charge >= 0.3 is 13.6 Å². The van der Waals surface area contributed by atoms with E-state index >= 15 is 0 Å². The largest absolute Gasteiger partial charge is 0.481 e. The van der Waals surface area contributed by atoms with Gasteiger partial charge in [-0.3, -0.25) is 4.57 Å². The van der Waals surface area contributed by atoms with Crippen molar-refractivity contribution in [3.63, 3.8) is 0 Å². The lowest BCUT2D eigenvalue weighted by molar-refractivity contribution is 0.0491. The second-order valence-electron chi connectivity index (χ2n) is 12.6. The van der Waals surface area contributed by atoms with Crippen molar-refractivity contribution >= 4 is 31.1 Å². The molecule has 0 saturated carbocycles. The van der Waals surface area contributed by atoms with Crippen LogP contribution in [0.15, 0.2) is 91.0 Å². The Bertz CT molecular complexity index is 1830. The zero-order chi connectivity index (χ0) is 35.8. The first-order valence-corrected chi connectivity index (χ1v) is 18.4. The van der Waals surface area contributed by atoms with E-state index < -0.39 is 19.7 Å². The van der Waals surface area contributed by atoms with Gasteiger partial charge in [0.15, 0.2) is 6.35 Å². The zero-order valence-corrected chi connectivity index (χ0v) is 29.5. The number of benzene rings is 4. The average Bonchev–Trinajstić information content (AvgIpc) is 3.49. The minimum absolute atomic E-state index is 0.0983. The Morgan fingerprint density at radius 2 is 1.68 bits per heavy atom. The molecule has 5 rings (SSSR count). The second-order valence-corrected chi connectivity index (χ2v) is 14.5. The van der Waals surface area contributed by atoms with Crippen molar-refractivity contribution in [3.8, 4) is 11.5 Å². The van der Waals surface area contributed by atoms with Crippen LogP contribution in [0, 0.1) is 5.41 Å². The number of nitrogens with zero attached hydrogens (tertiary/aromatic N) is 2. The molecule has 0 bridgehead atoms. The maximum atomic E-state index is 14.4. The van der Waals surface area contributed by atoms with Crippen LogP contribution in [0.3, 0.4) is 0 Å². The van der Waals surface area contributed by atoms with Crippen LogP contribution in [-0.4, -0.2) is 52.7 Å². The lowest BCUT2D eigenvalue weighted by Crippen LogP contribution is -2.51. The van der Waals surface area contributed by atoms with Gasteiger partial charge in [-0.25, -0.2) is 15.7 Å². The molecule has 13 heteroatoms. The summed E-state index contributed by atoms with van der Waals surface area (Å²) in [4.78, 5) is 17.7. The van der Waals surface area contributed by atoms with E-state index in [1.54, 1.807) is 65.4 Å². The third-order valence-corrected chi connectivity index (χ3v) is 9.71. The van der Waals surface area contributed by atoms with Crippen LogP contribution in [0.2, 0.25) is 0 Å². The fourth-order valence-electron chi connectivity index (χ4n) is 5.92. The van der Waals surface area contributed by atoms with E-state index in [2.05, 4.69) is 23.8 Å². The van der Waals surface area contributed by atoms with Crippen molar-refractivity contribution in [2.24, 2.45) is 5.50 Å². The monoisotopic (exact) mass is 699 g/mol. The number of nitrogens with one attached hydrogen (secondary N) is 3. The molecule has 1 aliphatic rings. The number of hydrogen-bond acceptors (Lipinski definition) is 9. The van der Waals surface area contributed by atoms with Crippen LogP contribution >= 0.6 is 7.52 Å². The molecule has 1 heterocycles. The number of carbonyl (C=O) groups excluding carboxylic acids is 1. The number of amides is 2. The highest BCUT2D eigenvalue weighted by atomic mass is 31.2. The normalized spacial score (nSPS) is 15.9. The van der Waals surface area contributed by atoms with Gasteiger partial charge in [-0.15, -0.1) is 0 Å². The minimum Gasteiger partial charge on any atom is -0.481 e. The third kappa shape index (κ3) is 9.22. The van der Waals surface area contributed by atoms with Gasteiger partial charge in [0.2, 0.25) is 0 Å². The van der Waals surface area contributed by atoms with E-state index in [9.17, 15) is 14.5 Å². The van der Waals surface area contributed by atoms with Crippen LogP contribution in [-0.2, 0) is 24.1 Å². The summed E-state index contributed by atoms with van der Waals surface area (Å²) in [7, 11) is -1.84. The summed E-state index contributed by atoms with van der Waals surface area (Å²) in [5.74, 6) is 0.855. The quantitative estimate of drug-likeness (QED) is 0.0475. The molecule has 4 aromatic carbocycles. The minimum atomic E-state index is -3.57. The van der Waals surface area contributed by atoms with Crippen molar-refractivity contribution in [1.29, 1.82) is 5.41 Å². The lowest BCUT2D eigenvalue weighted by Gasteiger charge is -2.37. The molecule has 0 fully saturated rings. The number of ether oxygens (including phenoxy) is 1. The molecule has 4 aromatic rings. The number of carbonyl (C=O) groups is 1. The summed E-state index contributed by atoms with van der Waals surface area (Å²) >= 11 is 0. The summed E-state index contributed by atoms with van der Waals surface area (Å²) < 4.78 is 24.0. The maximum Gasteiger partial charge on any atom is 0.350 e. The molecule has 8 N–H and O–H groups in total. The fraction of sp³-hybridized carbons (Fsp3) is 0.297. The molecule has 4 atom stereocenters. The number of nitrogens with two attached hydrogens (primary N) is 2. The summed E-state index contributed by atoms with van der Waals surface area (Å²) in [6.45, 7) is 4.51. The van der Waals surface area contributed by atoms with E-state index in [-0.39, 0.29) is 31.5 Å². The average molecular weight is 700 g/mol. The standard InChI is InChI=1S/C37H46N7O5P/c1-4-36(45)35(20-26-10-14-30(15-11-26)48-24-50(40,47)49-31-8-6-5-7-9-31)44(23-28-13-17-34-32(19-28)25(2)41-42-34)37(46)43(3)22-27-12-16-33(39)29(18-27)21-38/h5-19,21,25,35-36,38,41-42,45H,4,20,22-24,39H2,1-3H3,(H2,40,47). The van der Waals surface area contributed by atoms with E-state index in [0.717, 1.165) is 27.9 Å². The number of hydrogen-bond donors (Lipinski definition) is 6. The SMILES string of the molecule is CCC(O)C(Cc1ccc(OCP(N)(=O)Oc2ccccc2)cc1)N(Cc1ccc2c(c1)C(C)NN2)C(=O)N(C)Cc1ccc(N)c(C=N)c1. The van der Waals surface area contributed by atoms with Crippen LogP contribution in [0.4, 0.5) is 16.2 Å². The Hall–Kier alpha value is -4.87. The van der Waals surface area contributed by atoms with Crippen LogP contribution in [0.25, 0.3) is 0 Å². The van der Waals surface area contributed by atoms with Crippen molar-refractivity contribution in [1.82, 2.24) is 15.2 Å². The Kier molecular flexibility index (Phi) is 11.8. The number of para-hydroxylation sites is 1. The van der Waals surface area contributed by atoms with Gasteiger partial charge in [0.05, 0.1) is 23.9 Å². The van der Waals surface area contributed by atoms with Crippen LogP contribution < -0.4 is 31.4 Å². The summed E-state index contributed by atoms with van der Waals surface area (Å²) in [5, 5.41) is 19.1. The van der Waals surface area contributed by atoms with E-state index in [1.807, 2.05) is 43.3 Å². The lowest BCUT2D eigenvalue weighted by atomic mass is 9.97. The molecule has 0 saturated heterocycles. The molecule has 0 aromatic heterocycles. The Labute approximate surface area is 293 Å². The number of hydrazine groups is 1. The molecule has 12 nitrogen and oxygen atoms in total. The first kappa shape index (κ1) is 36.4. The summed E-state index contributed by atoms with van der Waals surface area (Å²) in [6.07, 6.45) is 0.864. The summed E-state index contributed by atoms with van der Waals surface area (Å²) in [6, 6.07) is 26.6. The molecule has 0 aliphatic carbocycles. The van der Waals surface area contributed by atoms with Crippen molar-refractivity contribution < 1.29 is 23.7 Å². The van der Waals surface area contributed by atoms with Gasteiger partial charge in [0.1, 0.15) is 11.5 Å². The van der Waals surface area contributed by atoms with Crippen molar-refractivity contribution in [2.75, 3.05) is 24.6 Å². The predicted molar refractivity (Wildman–Crippen MR) is 197 cm³/mol. The molecule has 0 radical (unpaired) electrons. The van der Waals surface area contributed by atoms with Gasteiger partial charge in [0.25, 0.3) is 0 Å². The van der Waals surface area contributed by atoms with E-state index in [0.29, 0.717) is 35.6 Å². The molecule has 1 aliphatic heterocycles. The first-order chi connectivity index (χ1) is 24.0. The van der Waals surface area contributed by atoms with Crippen LogP contribution in [0.1, 0.15) is 54.1 Å². The number of aliphatic hydroxyl groups is 1. The molecule has 2 amide bonds. The summed E-state index contributed by atoms with van der Waals surface area (Å²) in [5.41, 5.74) is 24.1. The molecule has 0 spiro atoms. The molecule has 50 heavy (non-hydrogen) atoms. The first-order valence-electron chi connectivity index (χ1n) is 16.5. The maximum absolute atomic E-state index is 14.4. The van der Waals surface area contributed by atoms with E-state index in [1.165, 1.54) is 6.21 Å². The number of rotatable bonds is 15. The second kappa shape index (κ2) is 16.2. The Balaban J connectivity index is 1.36. The van der Waals surface area contributed by atoms with Crippen molar-refractivity contribution in [2.45, 2.75) is 58.0 Å². The molecular formula is C37H46N7O5P. The van der Waals surface area contributed by atoms with Gasteiger partial charge in [-0.2, -0.15) is 0 Å². The fourth-order valence-corrected chi connectivity index (χ4v) is 6.78. The smallest absolute Gasteiger partial charge is 0.350 e. The molecular weight excluding hydrogens is 653 g/mol. The van der Waals surface area contributed by atoms with Gasteiger partial charge in [0, 0.05) is 37.6 Å². The van der Waals surface area contributed by atoms with Gasteiger partial charge in [-0.1, -0.05) is 55.5 Å². The van der Waals surface area contributed by atoms with Gasteiger partial charge in [-0.05, 0) is 84.5 Å². The van der Waals surface area contributed by atoms with Gasteiger partial charge < -0.3 is 40.7 Å². The third-order valence-electron chi connectivity index (χ3n) is 8.70. The number of fused-ring (bicyclic) bond motifs is 1. The molecule has 4 unspecified atom stereocenters. The highest BCUT2D eigenvalue weighted by molar-refractivity contribution is 7.56. The number of urea groups is 1. The van der Waals surface area contributed by atoms with Crippen LogP contribution in [0.5, 0.6) is 11.5 Å².